The van der Waals surface area contributed by atoms with Crippen LogP contribution in [0.1, 0.15) is 157 Å². The zero-order valence-electron chi connectivity index (χ0n) is 35.8. The van der Waals surface area contributed by atoms with Crippen molar-refractivity contribution < 1.29 is 0 Å². The first kappa shape index (κ1) is 45.7. The Kier molecular flexibility index (Phi) is 18.6. The summed E-state index contributed by atoms with van der Waals surface area (Å²) in [6, 6.07) is 20.5. The first-order chi connectivity index (χ1) is 25.4. The molecule has 0 bridgehead atoms. The summed E-state index contributed by atoms with van der Waals surface area (Å²) >= 11 is 0. The summed E-state index contributed by atoms with van der Waals surface area (Å²) in [5.41, 5.74) is 24.5. The number of unbranched alkanes of at least 4 members (excludes halogenated alkanes) is 6. The molecule has 4 N–H and O–H groups in total. The van der Waals surface area contributed by atoms with Crippen molar-refractivity contribution in [2.75, 3.05) is 5.73 Å². The van der Waals surface area contributed by atoms with Gasteiger partial charge >= 0.3 is 0 Å². The van der Waals surface area contributed by atoms with Gasteiger partial charge in [-0.2, -0.15) is 0 Å². The molecule has 6 nitrogen and oxygen atoms in total. The Morgan fingerprint density at radius 1 is 0.648 bits per heavy atom. The molecular formula is C48H70N6. The predicted octanol–water partition coefficient (Wildman–Crippen LogP) is 13.1. The molecule has 2 aromatic carbocycles. The third-order valence-corrected chi connectivity index (χ3v) is 9.47. The van der Waals surface area contributed by atoms with Gasteiger partial charge in [0.1, 0.15) is 17.2 Å². The van der Waals surface area contributed by atoms with E-state index in [2.05, 4.69) is 117 Å². The lowest BCUT2D eigenvalue weighted by molar-refractivity contribution is 0.568. The maximum Gasteiger partial charge on any atom is 0.269 e. The Hall–Kier alpha value is -4.50. The molecule has 0 fully saturated rings. The van der Waals surface area contributed by atoms with Crippen LogP contribution in [0, 0.1) is 34.3 Å². The third kappa shape index (κ3) is 15.5. The van der Waals surface area contributed by atoms with Gasteiger partial charge < -0.3 is 16.3 Å². The summed E-state index contributed by atoms with van der Waals surface area (Å²) in [4.78, 5) is 16.9. The van der Waals surface area contributed by atoms with Crippen LogP contribution in [0.2, 0.25) is 0 Å². The van der Waals surface area contributed by atoms with Crippen LogP contribution < -0.4 is 11.5 Å². The maximum atomic E-state index is 6.81. The molecule has 0 atom stereocenters. The van der Waals surface area contributed by atoms with Gasteiger partial charge in [0.25, 0.3) is 5.82 Å². The molecule has 0 aliphatic carbocycles. The summed E-state index contributed by atoms with van der Waals surface area (Å²) in [6.45, 7) is 32.4. The first-order valence-electron chi connectivity index (χ1n) is 20.0. The Bertz CT molecular complexity index is 1790. The summed E-state index contributed by atoms with van der Waals surface area (Å²) in [6.07, 6.45) is 12.8. The van der Waals surface area contributed by atoms with Crippen LogP contribution in [-0.2, 0) is 23.7 Å². The minimum atomic E-state index is -0.0124. The molecule has 6 heteroatoms. The normalized spacial score (nSPS) is 11.6. The van der Waals surface area contributed by atoms with Gasteiger partial charge in [-0.05, 0) is 111 Å². The van der Waals surface area contributed by atoms with Crippen molar-refractivity contribution in [3.8, 4) is 0 Å². The number of hydrogen-bond donors (Lipinski definition) is 2. The zero-order valence-corrected chi connectivity index (χ0v) is 35.8. The molecule has 0 aliphatic rings. The number of nitrogens with two attached hydrogens (primary N) is 2. The number of rotatable bonds is 12. The smallest absolute Gasteiger partial charge is 0.269 e. The van der Waals surface area contributed by atoms with Gasteiger partial charge in [0.15, 0.2) is 0 Å². The van der Waals surface area contributed by atoms with E-state index in [1.165, 1.54) is 91.2 Å². The number of aryl methyl sites for hydroxylation is 6. The Morgan fingerprint density at radius 3 is 1.54 bits per heavy atom. The number of nitrogen functional groups attached to an aromatic ring is 1. The summed E-state index contributed by atoms with van der Waals surface area (Å²) in [5, 5.41) is 0. The number of benzene rings is 2. The van der Waals surface area contributed by atoms with Gasteiger partial charge in [-0.25, -0.2) is 9.98 Å². The second-order valence-corrected chi connectivity index (χ2v) is 16.7. The van der Waals surface area contributed by atoms with Crippen molar-refractivity contribution >= 4 is 23.0 Å². The fourth-order valence-corrected chi connectivity index (χ4v) is 6.16. The Labute approximate surface area is 329 Å². The molecule has 292 valence electrons. The molecule has 0 aliphatic heterocycles. The molecule has 0 saturated heterocycles. The van der Waals surface area contributed by atoms with Crippen LogP contribution in [0.3, 0.4) is 0 Å². The molecule has 0 saturated carbocycles. The predicted molar refractivity (Wildman–Crippen MR) is 234 cm³/mol. The fraction of sp³-hybridized carbons (Fsp3) is 0.500. The molecule has 0 radical (unpaired) electrons. The van der Waals surface area contributed by atoms with Gasteiger partial charge in [-0.1, -0.05) is 137 Å². The molecule has 4 aromatic rings. The summed E-state index contributed by atoms with van der Waals surface area (Å²) in [5.74, 6) is 0.949. The minimum Gasteiger partial charge on any atom is -0.398 e. The van der Waals surface area contributed by atoms with E-state index in [9.17, 15) is 0 Å². The highest BCUT2D eigenvalue weighted by molar-refractivity contribution is 5.97. The van der Waals surface area contributed by atoms with Crippen molar-refractivity contribution in [1.29, 1.82) is 0 Å². The molecule has 2 aromatic heterocycles. The third-order valence-electron chi connectivity index (χ3n) is 9.47. The lowest BCUT2D eigenvalue weighted by atomic mass is 9.91. The number of aromatic nitrogens is 2. The molecule has 4 rings (SSSR count). The van der Waals surface area contributed by atoms with Crippen molar-refractivity contribution in [2.45, 2.75) is 158 Å². The molecule has 0 amide bonds. The Balaban J connectivity index is 0.000000313. The molecule has 0 spiro atoms. The van der Waals surface area contributed by atoms with Gasteiger partial charge in [0.2, 0.25) is 0 Å². The summed E-state index contributed by atoms with van der Waals surface area (Å²) in [7, 11) is 0. The van der Waals surface area contributed by atoms with Gasteiger partial charge in [-0.3, -0.25) is 0 Å². The Morgan fingerprint density at radius 2 is 1.09 bits per heavy atom. The topological polar surface area (TPSA) is 94.5 Å². The van der Waals surface area contributed by atoms with Crippen LogP contribution in [-0.4, -0.2) is 15.8 Å². The standard InChI is InChI=1S/C24H35N3.C14H23N.C10H12N2/c1-7-8-9-10-12-19-15-17(2)22(18(3)16-19)27-23(25)20-13-11-14-21(26-20)24(4,5)6;1-4-5-6-7-8-13-9-11(2)14(15)12(3)10-13;1-10(2,3)8-6-5-7-9(11-4)12-8/h11,13-16H,7-10,12H2,1-6H3,(H2,25,27);9-10H,4-8,15H2,1-3H3;5-7H,1-3H3. The second-order valence-electron chi connectivity index (χ2n) is 16.7. The number of nitrogens with zero attached hydrogens (tertiary/aromatic N) is 4. The quantitative estimate of drug-likeness (QED) is 0.0499. The molecule has 2 heterocycles. The lowest BCUT2D eigenvalue weighted by Gasteiger charge is -2.18. The van der Waals surface area contributed by atoms with E-state index < -0.39 is 0 Å². The number of hydrogen-bond acceptors (Lipinski definition) is 4. The molecule has 54 heavy (non-hydrogen) atoms. The van der Waals surface area contributed by atoms with E-state index in [0.29, 0.717) is 11.7 Å². The van der Waals surface area contributed by atoms with E-state index in [1.807, 2.05) is 30.3 Å². The number of amidine groups is 1. The molecular weight excluding hydrogens is 661 g/mol. The van der Waals surface area contributed by atoms with Crippen molar-refractivity contribution in [1.82, 2.24) is 9.97 Å². The fourth-order valence-electron chi connectivity index (χ4n) is 6.16. The highest BCUT2D eigenvalue weighted by Crippen LogP contribution is 2.28. The van der Waals surface area contributed by atoms with Crippen molar-refractivity contribution in [2.24, 2.45) is 10.7 Å². The van der Waals surface area contributed by atoms with Crippen LogP contribution in [0.15, 0.2) is 65.7 Å². The number of aliphatic imine (C=N–C) groups is 1. The number of pyridine rings is 2. The van der Waals surface area contributed by atoms with E-state index in [4.69, 9.17) is 28.0 Å². The average Bonchev–Trinajstić information content (AvgIpc) is 3.12. The number of anilines is 1. The SMILES string of the molecule is CCCCCCc1cc(C)c(N)c(C)c1.CCCCCCc1cc(C)c(N=C(N)c2cccc(C(C)(C)C)n2)c(C)c1.[C-]#[N+]c1cccc(C(C)(C)C)n1. The van der Waals surface area contributed by atoms with E-state index in [1.54, 1.807) is 6.07 Å². The van der Waals surface area contributed by atoms with Crippen molar-refractivity contribution in [3.63, 3.8) is 0 Å². The van der Waals surface area contributed by atoms with Crippen LogP contribution >= 0.6 is 0 Å². The van der Waals surface area contributed by atoms with Gasteiger partial charge in [0, 0.05) is 22.2 Å². The van der Waals surface area contributed by atoms with Crippen LogP contribution in [0.4, 0.5) is 17.2 Å². The lowest BCUT2D eigenvalue weighted by Crippen LogP contribution is -2.19. The van der Waals surface area contributed by atoms with Crippen LogP contribution in [0.25, 0.3) is 4.85 Å². The van der Waals surface area contributed by atoms with E-state index in [-0.39, 0.29) is 10.8 Å². The van der Waals surface area contributed by atoms with Gasteiger partial charge in [0.05, 0.1) is 5.69 Å². The zero-order chi connectivity index (χ0) is 40.5. The highest BCUT2D eigenvalue weighted by Gasteiger charge is 2.19. The highest BCUT2D eigenvalue weighted by atomic mass is 14.9. The monoisotopic (exact) mass is 731 g/mol. The van der Waals surface area contributed by atoms with Crippen LogP contribution in [0.5, 0.6) is 0 Å². The first-order valence-corrected chi connectivity index (χ1v) is 20.0. The van der Waals surface area contributed by atoms with E-state index >= 15 is 0 Å². The minimum absolute atomic E-state index is 0.0124. The molecule has 0 unspecified atom stereocenters. The maximum absolute atomic E-state index is 6.81. The van der Waals surface area contributed by atoms with Gasteiger partial charge in [-0.15, -0.1) is 4.98 Å². The average molecular weight is 731 g/mol. The summed E-state index contributed by atoms with van der Waals surface area (Å²) < 4.78 is 0. The van der Waals surface area contributed by atoms with E-state index in [0.717, 1.165) is 34.9 Å². The largest absolute Gasteiger partial charge is 0.398 e. The van der Waals surface area contributed by atoms with Crippen molar-refractivity contribution in [3.05, 3.63) is 123 Å². The second kappa shape index (κ2) is 22.0.